The number of benzene rings is 1. The van der Waals surface area contributed by atoms with Gasteiger partial charge in [0.15, 0.2) is 5.78 Å². The second-order valence-electron chi connectivity index (χ2n) is 4.43. The minimum Gasteiger partial charge on any atom is -0.512 e. The van der Waals surface area contributed by atoms with Gasteiger partial charge in [-0.25, -0.2) is 0 Å². The molecule has 98 valence electrons. The fourth-order valence-corrected chi connectivity index (χ4v) is 2.37. The zero-order valence-electron chi connectivity index (χ0n) is 10.4. The maximum atomic E-state index is 12.2. The van der Waals surface area contributed by atoms with E-state index in [2.05, 4.69) is 0 Å². The number of fused-ring (bicyclic) bond motifs is 1. The van der Waals surface area contributed by atoms with Crippen molar-refractivity contribution in [2.45, 2.75) is 19.4 Å². The van der Waals surface area contributed by atoms with Crippen molar-refractivity contribution in [1.82, 2.24) is 0 Å². The van der Waals surface area contributed by atoms with Crippen molar-refractivity contribution in [2.75, 3.05) is 0 Å². The minimum atomic E-state index is -2.62. The highest BCUT2D eigenvalue weighted by molar-refractivity contribution is 6.36. The Hall–Kier alpha value is -2.27. The molecule has 0 bridgehead atoms. The van der Waals surface area contributed by atoms with Crippen LogP contribution in [0.3, 0.4) is 0 Å². The first-order chi connectivity index (χ1) is 8.81. The molecule has 0 saturated heterocycles. The molecule has 1 aromatic rings. The maximum absolute atomic E-state index is 12.2. The van der Waals surface area contributed by atoms with Crippen molar-refractivity contribution in [3.8, 4) is 0 Å². The number of carbonyl (C=O) groups is 3. The van der Waals surface area contributed by atoms with Gasteiger partial charge in [-0.15, -0.1) is 0 Å². The molecule has 0 heterocycles. The van der Waals surface area contributed by atoms with Gasteiger partial charge in [0.1, 0.15) is 0 Å². The predicted octanol–water partition coefficient (Wildman–Crippen LogP) is 1.22. The highest BCUT2D eigenvalue weighted by atomic mass is 16.3. The number of carbonyl (C=O) groups excluding carboxylic acids is 3. The van der Waals surface area contributed by atoms with Gasteiger partial charge in [0.2, 0.25) is 17.2 Å². The highest BCUT2D eigenvalue weighted by Crippen LogP contribution is 2.36. The molecule has 0 aliphatic heterocycles. The third-order valence-corrected chi connectivity index (χ3v) is 3.15. The Morgan fingerprint density at radius 1 is 1.05 bits per heavy atom. The van der Waals surface area contributed by atoms with E-state index in [4.69, 9.17) is 0 Å². The molecule has 0 fully saturated rings. The van der Waals surface area contributed by atoms with Gasteiger partial charge >= 0.3 is 0 Å². The molecule has 1 aliphatic carbocycles. The van der Waals surface area contributed by atoms with Gasteiger partial charge in [0.25, 0.3) is 0 Å². The predicted molar refractivity (Wildman–Crippen MR) is 66.1 cm³/mol. The lowest BCUT2D eigenvalue weighted by atomic mass is 9.85. The number of ketones is 3. The van der Waals surface area contributed by atoms with E-state index in [-0.39, 0.29) is 11.1 Å². The van der Waals surface area contributed by atoms with E-state index in [1.807, 2.05) is 0 Å². The third-order valence-electron chi connectivity index (χ3n) is 3.15. The second kappa shape index (κ2) is 4.13. The molecule has 5 nitrogen and oxygen atoms in total. The van der Waals surface area contributed by atoms with Crippen molar-refractivity contribution < 1.29 is 24.6 Å². The Bertz CT molecular complexity index is 600. The molecule has 1 aromatic carbocycles. The molecule has 2 rings (SSSR count). The lowest BCUT2D eigenvalue weighted by Gasteiger charge is -2.21. The van der Waals surface area contributed by atoms with E-state index >= 15 is 0 Å². The van der Waals surface area contributed by atoms with E-state index in [1.54, 1.807) is 12.1 Å². The van der Waals surface area contributed by atoms with Gasteiger partial charge in [-0.3, -0.25) is 14.4 Å². The quantitative estimate of drug-likeness (QED) is 0.474. The topological polar surface area (TPSA) is 91.7 Å². The van der Waals surface area contributed by atoms with Gasteiger partial charge in [-0.2, -0.15) is 0 Å². The Morgan fingerprint density at radius 2 is 1.47 bits per heavy atom. The molecule has 0 saturated carbocycles. The summed E-state index contributed by atoms with van der Waals surface area (Å²) in [5, 5.41) is 19.9. The highest BCUT2D eigenvalue weighted by Gasteiger charge is 2.56. The SMILES string of the molecule is CC(=O)C(=C(C)O)C1(O)C(=O)c2ccccc2C1=O. The number of rotatable bonds is 2. The average Bonchev–Trinajstić information content (AvgIpc) is 2.52. The van der Waals surface area contributed by atoms with Crippen LogP contribution in [0.5, 0.6) is 0 Å². The summed E-state index contributed by atoms with van der Waals surface area (Å²) in [5.74, 6) is -3.03. The zero-order chi connectivity index (χ0) is 14.4. The Kier molecular flexibility index (Phi) is 2.87. The lowest BCUT2D eigenvalue weighted by Crippen LogP contribution is -2.46. The smallest absolute Gasteiger partial charge is 0.223 e. The Balaban J connectivity index is 2.73. The van der Waals surface area contributed by atoms with Crippen molar-refractivity contribution in [3.63, 3.8) is 0 Å². The number of hydrogen-bond donors (Lipinski definition) is 2. The van der Waals surface area contributed by atoms with Crippen LogP contribution in [0.15, 0.2) is 35.6 Å². The second-order valence-corrected chi connectivity index (χ2v) is 4.43. The summed E-state index contributed by atoms with van der Waals surface area (Å²) in [6.07, 6.45) is 0. The molecule has 0 amide bonds. The van der Waals surface area contributed by atoms with Crippen LogP contribution in [-0.4, -0.2) is 33.2 Å². The molecule has 0 atom stereocenters. The van der Waals surface area contributed by atoms with Crippen molar-refractivity contribution in [1.29, 1.82) is 0 Å². The molecular weight excluding hydrogens is 248 g/mol. The van der Waals surface area contributed by atoms with Crippen LogP contribution in [0, 0.1) is 0 Å². The summed E-state index contributed by atoms with van der Waals surface area (Å²) in [5.41, 5.74) is -3.09. The van der Waals surface area contributed by atoms with Gasteiger partial charge in [0.05, 0.1) is 11.3 Å². The van der Waals surface area contributed by atoms with Crippen LogP contribution in [0.25, 0.3) is 0 Å². The lowest BCUT2D eigenvalue weighted by molar-refractivity contribution is -0.115. The van der Waals surface area contributed by atoms with Crippen LogP contribution in [-0.2, 0) is 4.79 Å². The van der Waals surface area contributed by atoms with Crippen molar-refractivity contribution >= 4 is 17.3 Å². The van der Waals surface area contributed by atoms with Crippen molar-refractivity contribution in [3.05, 3.63) is 46.7 Å². The van der Waals surface area contributed by atoms with E-state index < -0.39 is 34.3 Å². The molecule has 2 N–H and O–H groups in total. The molecular formula is C14H12O5. The van der Waals surface area contributed by atoms with Crippen LogP contribution < -0.4 is 0 Å². The molecule has 0 spiro atoms. The molecule has 0 unspecified atom stereocenters. The van der Waals surface area contributed by atoms with Gasteiger partial charge in [0, 0.05) is 11.1 Å². The maximum Gasteiger partial charge on any atom is 0.223 e. The first-order valence-electron chi connectivity index (χ1n) is 5.64. The summed E-state index contributed by atoms with van der Waals surface area (Å²) in [6.45, 7) is 2.23. The van der Waals surface area contributed by atoms with Crippen LogP contribution >= 0.6 is 0 Å². The largest absolute Gasteiger partial charge is 0.512 e. The van der Waals surface area contributed by atoms with Gasteiger partial charge < -0.3 is 10.2 Å². The van der Waals surface area contributed by atoms with Crippen LogP contribution in [0.1, 0.15) is 34.6 Å². The summed E-state index contributed by atoms with van der Waals surface area (Å²) in [4.78, 5) is 36.0. The summed E-state index contributed by atoms with van der Waals surface area (Å²) < 4.78 is 0. The number of aliphatic hydroxyl groups is 2. The minimum absolute atomic E-state index is 0.0509. The number of aliphatic hydroxyl groups excluding tert-OH is 1. The van der Waals surface area contributed by atoms with Gasteiger partial charge in [-0.05, 0) is 13.8 Å². The van der Waals surface area contributed by atoms with Gasteiger partial charge in [-0.1, -0.05) is 24.3 Å². The van der Waals surface area contributed by atoms with E-state index in [0.717, 1.165) is 13.8 Å². The Morgan fingerprint density at radius 3 is 1.79 bits per heavy atom. The normalized spacial score (nSPS) is 18.1. The monoisotopic (exact) mass is 260 g/mol. The zero-order valence-corrected chi connectivity index (χ0v) is 10.4. The van der Waals surface area contributed by atoms with Crippen LogP contribution in [0.4, 0.5) is 0 Å². The van der Waals surface area contributed by atoms with Crippen molar-refractivity contribution in [2.24, 2.45) is 0 Å². The van der Waals surface area contributed by atoms with E-state index in [0.29, 0.717) is 0 Å². The summed E-state index contributed by atoms with van der Waals surface area (Å²) in [6, 6.07) is 5.91. The molecule has 0 aromatic heterocycles. The molecule has 5 heteroatoms. The molecule has 19 heavy (non-hydrogen) atoms. The fourth-order valence-electron chi connectivity index (χ4n) is 2.37. The molecule has 0 radical (unpaired) electrons. The average molecular weight is 260 g/mol. The number of Topliss-reactive ketones (excluding diaryl/α,β-unsaturated/α-hetero) is 3. The summed E-state index contributed by atoms with van der Waals surface area (Å²) >= 11 is 0. The Labute approximate surface area is 109 Å². The standard InChI is InChI=1S/C14H12O5/c1-7(15)11(8(2)16)14(19)12(17)9-5-3-4-6-10(9)13(14)18/h3-6,15,19H,1-2H3. The van der Waals surface area contributed by atoms with Crippen LogP contribution in [0.2, 0.25) is 0 Å². The summed E-state index contributed by atoms with van der Waals surface area (Å²) in [7, 11) is 0. The fraction of sp³-hybridized carbons (Fsp3) is 0.214. The first kappa shape index (κ1) is 13.2. The number of allylic oxidation sites excluding steroid dienone is 1. The van der Waals surface area contributed by atoms with E-state index in [9.17, 15) is 24.6 Å². The van der Waals surface area contributed by atoms with E-state index in [1.165, 1.54) is 12.1 Å². The third kappa shape index (κ3) is 1.62. The first-order valence-corrected chi connectivity index (χ1v) is 5.64. The number of hydrogen-bond acceptors (Lipinski definition) is 5. The molecule has 1 aliphatic rings.